The lowest BCUT2D eigenvalue weighted by Gasteiger charge is -2.01. The molecule has 0 fully saturated rings. The fourth-order valence-electron chi connectivity index (χ4n) is 1.45. The number of halogens is 2. The molecule has 2 aromatic rings. The number of carbonyl (C=O) groups is 1. The number of anilines is 1. The first-order valence-corrected chi connectivity index (χ1v) is 4.96. The molecule has 0 radical (unpaired) electrons. The third-order valence-electron chi connectivity index (χ3n) is 2.29. The highest BCUT2D eigenvalue weighted by molar-refractivity contribution is 5.92. The predicted molar refractivity (Wildman–Crippen MR) is 58.3 cm³/mol. The first-order chi connectivity index (χ1) is 8.90. The molecule has 2 rings (SSSR count). The van der Waals surface area contributed by atoms with E-state index >= 15 is 0 Å². The first kappa shape index (κ1) is 12.8. The van der Waals surface area contributed by atoms with Gasteiger partial charge in [0.25, 0.3) is 0 Å². The number of ether oxygens (including phenoxy) is 1. The van der Waals surface area contributed by atoms with Gasteiger partial charge in [-0.05, 0) is 0 Å². The molecule has 0 bridgehead atoms. The van der Waals surface area contributed by atoms with Crippen LogP contribution in [0.4, 0.5) is 14.6 Å². The van der Waals surface area contributed by atoms with Gasteiger partial charge in [-0.25, -0.2) is 9.48 Å². The van der Waals surface area contributed by atoms with Gasteiger partial charge in [-0.3, -0.25) is 0 Å². The second-order valence-corrected chi connectivity index (χ2v) is 3.50. The smallest absolute Gasteiger partial charge is 0.388 e. The van der Waals surface area contributed by atoms with E-state index in [0.717, 1.165) is 15.6 Å². The van der Waals surface area contributed by atoms with Crippen LogP contribution in [0, 0.1) is 0 Å². The third-order valence-corrected chi connectivity index (χ3v) is 2.29. The Labute approximate surface area is 105 Å². The van der Waals surface area contributed by atoms with E-state index < -0.39 is 12.6 Å². The zero-order valence-electron chi connectivity index (χ0n) is 9.62. The van der Waals surface area contributed by atoms with Gasteiger partial charge >= 0.3 is 12.6 Å². The summed E-state index contributed by atoms with van der Waals surface area (Å²) in [7, 11) is 1.39. The Hall–Kier alpha value is -2.65. The lowest BCUT2D eigenvalue weighted by atomic mass is 10.3. The van der Waals surface area contributed by atoms with Gasteiger partial charge < -0.3 is 15.6 Å². The summed E-state index contributed by atoms with van der Waals surface area (Å²) in [4.78, 5) is 10.8. The summed E-state index contributed by atoms with van der Waals surface area (Å²) in [5, 5.41) is 16.4. The van der Waals surface area contributed by atoms with Gasteiger partial charge in [-0.1, -0.05) is 0 Å². The monoisotopic (exact) mass is 273 g/mol. The van der Waals surface area contributed by atoms with Crippen molar-refractivity contribution < 1.29 is 23.4 Å². The molecule has 0 unspecified atom stereocenters. The maximum Gasteiger partial charge on any atom is 0.388 e. The van der Waals surface area contributed by atoms with E-state index in [-0.39, 0.29) is 23.1 Å². The van der Waals surface area contributed by atoms with Gasteiger partial charge in [0.15, 0.2) is 5.82 Å². The fraction of sp³-hybridized carbons (Fsp3) is 0.222. The zero-order valence-corrected chi connectivity index (χ0v) is 9.62. The molecule has 10 heteroatoms. The maximum atomic E-state index is 12.1. The number of aromatic nitrogens is 4. The SMILES string of the molecule is Cn1nc(-n2ncc(C(=O)O)c2N)cc1OC(F)F. The van der Waals surface area contributed by atoms with Crippen LogP contribution in [0.1, 0.15) is 10.4 Å². The average molecular weight is 273 g/mol. The summed E-state index contributed by atoms with van der Waals surface area (Å²) in [6.07, 6.45) is 1.04. The number of nitrogens with two attached hydrogens (primary N) is 1. The van der Waals surface area contributed by atoms with E-state index in [2.05, 4.69) is 14.9 Å². The molecule has 19 heavy (non-hydrogen) atoms. The van der Waals surface area contributed by atoms with Crippen LogP contribution in [0.5, 0.6) is 5.88 Å². The van der Waals surface area contributed by atoms with Crippen molar-refractivity contribution in [2.45, 2.75) is 6.61 Å². The quantitative estimate of drug-likeness (QED) is 0.839. The largest absolute Gasteiger partial charge is 0.477 e. The van der Waals surface area contributed by atoms with Crippen molar-refractivity contribution in [3.05, 3.63) is 17.8 Å². The average Bonchev–Trinajstić information content (AvgIpc) is 2.82. The van der Waals surface area contributed by atoms with Gasteiger partial charge in [0.05, 0.1) is 6.20 Å². The van der Waals surface area contributed by atoms with E-state index in [1.54, 1.807) is 0 Å². The number of alkyl halides is 2. The Bertz CT molecular complexity index is 621. The number of hydrogen-bond acceptors (Lipinski definition) is 5. The molecule has 102 valence electrons. The summed E-state index contributed by atoms with van der Waals surface area (Å²) in [5.74, 6) is -1.53. The Balaban J connectivity index is 2.40. The van der Waals surface area contributed by atoms with Gasteiger partial charge in [0, 0.05) is 13.1 Å². The van der Waals surface area contributed by atoms with E-state index in [4.69, 9.17) is 10.8 Å². The Kier molecular flexibility index (Phi) is 3.07. The van der Waals surface area contributed by atoms with Crippen molar-refractivity contribution in [2.75, 3.05) is 5.73 Å². The van der Waals surface area contributed by atoms with Crippen molar-refractivity contribution >= 4 is 11.8 Å². The fourth-order valence-corrected chi connectivity index (χ4v) is 1.45. The van der Waals surface area contributed by atoms with Crippen LogP contribution in [0.3, 0.4) is 0 Å². The Morgan fingerprint density at radius 1 is 1.58 bits per heavy atom. The normalized spacial score (nSPS) is 10.9. The molecule has 0 saturated carbocycles. The van der Waals surface area contributed by atoms with Crippen LogP contribution in [0.2, 0.25) is 0 Å². The Morgan fingerprint density at radius 3 is 2.79 bits per heavy atom. The highest BCUT2D eigenvalue weighted by Gasteiger charge is 2.18. The molecule has 8 nitrogen and oxygen atoms in total. The van der Waals surface area contributed by atoms with Gasteiger partial charge in [0.2, 0.25) is 5.88 Å². The number of carboxylic acids is 1. The maximum absolute atomic E-state index is 12.1. The highest BCUT2D eigenvalue weighted by Crippen LogP contribution is 2.21. The van der Waals surface area contributed by atoms with Crippen molar-refractivity contribution in [3.63, 3.8) is 0 Å². The van der Waals surface area contributed by atoms with Crippen LogP contribution in [0.15, 0.2) is 12.3 Å². The predicted octanol–water partition coefficient (Wildman–Crippen LogP) is 0.488. The molecule has 0 aliphatic rings. The third kappa shape index (κ3) is 2.32. The van der Waals surface area contributed by atoms with E-state index in [1.165, 1.54) is 13.1 Å². The van der Waals surface area contributed by atoms with Crippen LogP contribution >= 0.6 is 0 Å². The van der Waals surface area contributed by atoms with Crippen LogP contribution in [-0.4, -0.2) is 37.2 Å². The molecule has 0 aromatic carbocycles. The molecular weight excluding hydrogens is 264 g/mol. The molecule has 0 aliphatic heterocycles. The van der Waals surface area contributed by atoms with E-state index in [0.29, 0.717) is 0 Å². The van der Waals surface area contributed by atoms with Crippen molar-refractivity contribution in [1.29, 1.82) is 0 Å². The minimum absolute atomic E-state index is 0.0724. The lowest BCUT2D eigenvalue weighted by Crippen LogP contribution is -2.07. The van der Waals surface area contributed by atoms with Gasteiger partial charge in [-0.2, -0.15) is 18.6 Å². The second kappa shape index (κ2) is 4.55. The number of nitrogens with zero attached hydrogens (tertiary/aromatic N) is 4. The number of aromatic carboxylic acids is 1. The topological polar surface area (TPSA) is 108 Å². The van der Waals surface area contributed by atoms with Gasteiger partial charge in [-0.15, -0.1) is 5.10 Å². The summed E-state index contributed by atoms with van der Waals surface area (Å²) in [5.41, 5.74) is 5.37. The summed E-state index contributed by atoms with van der Waals surface area (Å²) in [6, 6.07) is 1.17. The zero-order chi connectivity index (χ0) is 14.2. The molecule has 0 atom stereocenters. The Morgan fingerprint density at radius 2 is 2.26 bits per heavy atom. The number of aryl methyl sites for hydroxylation is 1. The molecule has 0 amide bonds. The van der Waals surface area contributed by atoms with E-state index in [9.17, 15) is 13.6 Å². The number of hydrogen-bond donors (Lipinski definition) is 2. The van der Waals surface area contributed by atoms with Crippen molar-refractivity contribution in [1.82, 2.24) is 19.6 Å². The number of rotatable bonds is 4. The molecule has 3 N–H and O–H groups in total. The van der Waals surface area contributed by atoms with Crippen LogP contribution in [0.25, 0.3) is 5.82 Å². The molecule has 0 spiro atoms. The lowest BCUT2D eigenvalue weighted by molar-refractivity contribution is -0.0553. The number of carboxylic acid groups (broad SMARTS) is 1. The van der Waals surface area contributed by atoms with Crippen molar-refractivity contribution in [2.24, 2.45) is 7.05 Å². The summed E-state index contributed by atoms with van der Waals surface area (Å²) >= 11 is 0. The molecular formula is C9H9F2N5O3. The molecule has 0 aliphatic carbocycles. The van der Waals surface area contributed by atoms with Crippen LogP contribution in [-0.2, 0) is 7.05 Å². The van der Waals surface area contributed by atoms with Gasteiger partial charge in [0.1, 0.15) is 11.4 Å². The summed E-state index contributed by atoms with van der Waals surface area (Å²) in [6.45, 7) is -2.99. The minimum Gasteiger partial charge on any atom is -0.477 e. The van der Waals surface area contributed by atoms with Crippen molar-refractivity contribution in [3.8, 4) is 11.7 Å². The second-order valence-electron chi connectivity index (χ2n) is 3.50. The molecule has 2 heterocycles. The minimum atomic E-state index is -2.99. The summed E-state index contributed by atoms with van der Waals surface area (Å²) < 4.78 is 30.5. The number of nitrogen functional groups attached to an aromatic ring is 1. The van der Waals surface area contributed by atoms with Crippen LogP contribution < -0.4 is 10.5 Å². The molecule has 2 aromatic heterocycles. The highest BCUT2D eigenvalue weighted by atomic mass is 19.3. The standard InChI is InChI=1S/C9H9F2N5O3/c1-15-6(19-9(10)11)2-5(14-15)16-7(12)4(3-13-16)8(17)18/h2-3,9H,12H2,1H3,(H,17,18). The molecule has 0 saturated heterocycles. The first-order valence-electron chi connectivity index (χ1n) is 4.96. The van der Waals surface area contributed by atoms with E-state index in [1.807, 2.05) is 0 Å².